The molecule has 0 aromatic carbocycles. The molecule has 48 valence electrons. The van der Waals surface area contributed by atoms with E-state index in [4.69, 9.17) is 23.9 Å². The van der Waals surface area contributed by atoms with Crippen molar-refractivity contribution in [3.8, 4) is 0 Å². The van der Waals surface area contributed by atoms with Crippen LogP contribution in [-0.2, 0) is 11.4 Å². The summed E-state index contributed by atoms with van der Waals surface area (Å²) >= 11 is -5.25. The Morgan fingerprint density at radius 3 is 0.727 bits per heavy atom. The van der Waals surface area contributed by atoms with Gasteiger partial charge in [-0.3, -0.25) is 0 Å². The van der Waals surface area contributed by atoms with E-state index in [-0.39, 0.29) is 41.9 Å². The Morgan fingerprint density at radius 2 is 0.727 bits per heavy atom. The van der Waals surface area contributed by atoms with Crippen LogP contribution in [0.25, 0.3) is 0 Å². The molecule has 0 bridgehead atoms. The van der Waals surface area contributed by atoms with Gasteiger partial charge in [0.2, 0.25) is 0 Å². The topological polar surface area (TPSA) is 120 Å². The van der Waals surface area contributed by atoms with E-state index in [2.05, 4.69) is 0 Å². The summed E-state index contributed by atoms with van der Waals surface area (Å²) in [4.78, 5) is 0. The fourth-order valence-corrected chi connectivity index (χ4v) is 0. The van der Waals surface area contributed by atoms with Gasteiger partial charge in [0, 0.05) is 0 Å². The van der Waals surface area contributed by atoms with Crippen molar-refractivity contribution in [1.29, 1.82) is 0 Å². The van der Waals surface area contributed by atoms with Crippen LogP contribution in [0.4, 0.5) is 0 Å². The summed E-state index contributed by atoms with van der Waals surface area (Å²) in [6.45, 7) is 0. The van der Waals surface area contributed by atoms with E-state index in [1.165, 1.54) is 0 Å². The molecule has 0 radical (unpaired) electrons. The van der Waals surface area contributed by atoms with E-state index in [1.807, 2.05) is 0 Å². The van der Waals surface area contributed by atoms with Crippen LogP contribution >= 0.6 is 0 Å². The van der Waals surface area contributed by atoms with E-state index in [1.54, 1.807) is 0 Å². The molecule has 0 aliphatic carbocycles. The van der Waals surface area contributed by atoms with Gasteiger partial charge in [-0.05, 0) is 0 Å². The Labute approximate surface area is 111 Å². The van der Waals surface area contributed by atoms with Crippen molar-refractivity contribution >= 4 is 69.5 Å². The molecule has 0 heterocycles. The molecule has 0 atom stereocenters. The van der Waals surface area contributed by atoms with Crippen LogP contribution in [0.5, 0.6) is 0 Å². The van der Waals surface area contributed by atoms with E-state index >= 15 is 0 Å². The van der Waals surface area contributed by atoms with Gasteiger partial charge in [-0.25, -0.2) is 0 Å². The zero-order valence-corrected chi connectivity index (χ0v) is 10.8. The van der Waals surface area contributed by atoms with Crippen LogP contribution in [0.3, 0.4) is 0 Å². The SMILES string of the molecule is [Li+].[Mg+2].[O]=[Al][O-].[O]=[Al][O-].[O]=[Al][O-]. The first-order valence-corrected chi connectivity index (χ1v) is 4.24. The molecular weight excluding hydrogens is 208 g/mol. The van der Waals surface area contributed by atoms with Crippen molar-refractivity contribution < 1.29 is 42.7 Å². The molecule has 11 heteroatoms. The van der Waals surface area contributed by atoms with Crippen molar-refractivity contribution in [3.05, 3.63) is 0 Å². The third-order valence-electron chi connectivity index (χ3n) is 0. The van der Waals surface area contributed by atoms with Crippen LogP contribution in [0, 0.1) is 0 Å². The Bertz CT molecular complexity index is 54.6. The third-order valence-corrected chi connectivity index (χ3v) is 0. The summed E-state index contributed by atoms with van der Waals surface area (Å²) in [5, 5.41) is 0. The third kappa shape index (κ3) is 361. The van der Waals surface area contributed by atoms with E-state index in [0.717, 1.165) is 0 Å². The Morgan fingerprint density at radius 1 is 0.727 bits per heavy atom. The average Bonchev–Trinajstić information content (AvgIpc) is 1.70. The first-order valence-electron chi connectivity index (χ1n) is 1.41. The molecule has 0 unspecified atom stereocenters. The van der Waals surface area contributed by atoms with Crippen molar-refractivity contribution in [3.63, 3.8) is 0 Å². The molecule has 0 saturated heterocycles. The number of hydrogen-bond acceptors (Lipinski definition) is 6. The molecule has 0 aromatic rings. The Balaban J connectivity index is -0.0000000150. The maximum absolute atomic E-state index is 8.46. The van der Waals surface area contributed by atoms with Gasteiger partial charge in [0.1, 0.15) is 0 Å². The van der Waals surface area contributed by atoms with Gasteiger partial charge in [0.25, 0.3) is 0 Å². The van der Waals surface area contributed by atoms with E-state index in [9.17, 15) is 0 Å². The summed E-state index contributed by atoms with van der Waals surface area (Å²) in [6.07, 6.45) is 0. The summed E-state index contributed by atoms with van der Waals surface area (Å²) in [5.41, 5.74) is 0. The normalized spacial score (nSPS) is 2.18. The molecule has 0 rings (SSSR count). The van der Waals surface area contributed by atoms with Crippen LogP contribution in [0.15, 0.2) is 0 Å². The fourth-order valence-electron chi connectivity index (χ4n) is 0. The summed E-state index contributed by atoms with van der Waals surface area (Å²) in [6, 6.07) is 0. The first-order chi connectivity index (χ1) is 4.24. The average molecular weight is 208 g/mol. The van der Waals surface area contributed by atoms with Gasteiger partial charge in [0.15, 0.2) is 0 Å². The molecule has 6 nitrogen and oxygen atoms in total. The van der Waals surface area contributed by atoms with Gasteiger partial charge in [0.05, 0.1) is 0 Å². The second kappa shape index (κ2) is 60.1. The number of hydrogen-bond donors (Lipinski definition) is 0. The van der Waals surface area contributed by atoms with Gasteiger partial charge < -0.3 is 0 Å². The van der Waals surface area contributed by atoms with Crippen molar-refractivity contribution in [2.75, 3.05) is 0 Å². The van der Waals surface area contributed by atoms with Crippen LogP contribution in [-0.4, -0.2) is 69.5 Å². The van der Waals surface area contributed by atoms with Crippen molar-refractivity contribution in [2.24, 2.45) is 0 Å². The van der Waals surface area contributed by atoms with Gasteiger partial charge in [-0.1, -0.05) is 0 Å². The molecule has 0 spiro atoms. The molecule has 0 saturated carbocycles. The first kappa shape index (κ1) is 29.3. The molecule has 0 fully saturated rings. The quantitative estimate of drug-likeness (QED) is 0.364. The summed E-state index contributed by atoms with van der Waals surface area (Å²) < 4.78 is 50.8. The summed E-state index contributed by atoms with van der Waals surface area (Å²) in [5.74, 6) is 0. The minimum absolute atomic E-state index is 0. The molecule has 0 N–H and O–H groups in total. The van der Waals surface area contributed by atoms with Crippen LogP contribution < -0.4 is 31.3 Å². The Kier molecular flexibility index (Phi) is 160. The van der Waals surface area contributed by atoms with Crippen molar-refractivity contribution in [2.45, 2.75) is 0 Å². The monoisotopic (exact) mass is 208 g/mol. The van der Waals surface area contributed by atoms with E-state index < -0.39 is 46.5 Å². The van der Waals surface area contributed by atoms with Gasteiger partial charge in [-0.15, -0.1) is 0 Å². The van der Waals surface area contributed by atoms with Gasteiger partial charge in [-0.2, -0.15) is 0 Å². The fraction of sp³-hybridized carbons (Fsp3) is 0. The zero-order chi connectivity index (χ0) is 8.12. The molecule has 0 amide bonds. The number of rotatable bonds is 0. The molecule has 11 heavy (non-hydrogen) atoms. The minimum atomic E-state index is -1.75. The Hall–Kier alpha value is 1.76. The van der Waals surface area contributed by atoms with Crippen molar-refractivity contribution in [1.82, 2.24) is 0 Å². The molecule has 0 aromatic heterocycles. The van der Waals surface area contributed by atoms with E-state index in [0.29, 0.717) is 0 Å². The summed E-state index contributed by atoms with van der Waals surface area (Å²) in [7, 11) is 0. The molecule has 0 aliphatic rings. The standard InChI is InChI=1S/3Al.Li.Mg.6O/q;;;+1;+2;;;;3*-1. The molecule has 0 aliphatic heterocycles. The van der Waals surface area contributed by atoms with Crippen LogP contribution in [0.2, 0.25) is 0 Å². The van der Waals surface area contributed by atoms with Gasteiger partial charge >= 0.3 is 112 Å². The predicted molar refractivity (Wildman–Crippen MR) is 25.1 cm³/mol. The zero-order valence-electron chi connectivity index (χ0n) is 5.89. The molecular formula is Al3LiMgO6. The van der Waals surface area contributed by atoms with Crippen LogP contribution in [0.1, 0.15) is 0 Å². The second-order valence-electron chi connectivity index (χ2n) is 0.289. The maximum atomic E-state index is 8.46. The predicted octanol–water partition coefficient (Wildman–Crippen LogP) is -8.44. The second-order valence-corrected chi connectivity index (χ2v) is 0.866.